The molecule has 0 radical (unpaired) electrons. The smallest absolute Gasteiger partial charge is 0.185 e. The molecule has 0 N–H and O–H groups in total. The zero-order valence-corrected chi connectivity index (χ0v) is 18.3. The molecule has 0 bridgehead atoms. The van der Waals surface area contributed by atoms with E-state index in [1.54, 1.807) is 12.2 Å². The van der Waals surface area contributed by atoms with E-state index < -0.39 is 0 Å². The Hall–Kier alpha value is -2.79. The SMILES string of the molecule is O=C(/C=C/c1ccc(COc2cccc(Br)c2)o1)c1ccc(N2CCCCC2)cc1. The molecule has 0 saturated carbocycles. The van der Waals surface area contributed by atoms with E-state index in [1.165, 1.54) is 24.9 Å². The van der Waals surface area contributed by atoms with E-state index in [-0.39, 0.29) is 5.78 Å². The van der Waals surface area contributed by atoms with Crippen LogP contribution in [-0.4, -0.2) is 18.9 Å². The number of rotatable bonds is 7. The molecule has 0 atom stereocenters. The number of ketones is 1. The van der Waals surface area contributed by atoms with E-state index in [0.29, 0.717) is 23.7 Å². The molecule has 1 aliphatic rings. The molecule has 1 fully saturated rings. The van der Waals surface area contributed by atoms with Crippen LogP contribution < -0.4 is 9.64 Å². The fraction of sp³-hybridized carbons (Fsp3) is 0.240. The Morgan fingerprint density at radius 2 is 1.83 bits per heavy atom. The Morgan fingerprint density at radius 3 is 2.60 bits per heavy atom. The van der Waals surface area contributed by atoms with Gasteiger partial charge in [-0.2, -0.15) is 0 Å². The molecule has 0 aliphatic carbocycles. The second-order valence-corrected chi connectivity index (χ2v) is 8.26. The van der Waals surface area contributed by atoms with Gasteiger partial charge in [0.15, 0.2) is 5.78 Å². The van der Waals surface area contributed by atoms with Gasteiger partial charge in [0, 0.05) is 28.8 Å². The van der Waals surface area contributed by atoms with Gasteiger partial charge in [0.25, 0.3) is 0 Å². The van der Waals surface area contributed by atoms with Crippen LogP contribution in [0.3, 0.4) is 0 Å². The van der Waals surface area contributed by atoms with Crippen molar-refractivity contribution in [3.05, 3.63) is 88.3 Å². The van der Waals surface area contributed by atoms with Crippen LogP contribution in [0.5, 0.6) is 5.75 Å². The number of furan rings is 1. The summed E-state index contributed by atoms with van der Waals surface area (Å²) in [5.74, 6) is 2.05. The predicted octanol–water partition coefficient (Wildman–Crippen LogP) is 6.51. The molecule has 2 heterocycles. The molecule has 4 rings (SSSR count). The summed E-state index contributed by atoms with van der Waals surface area (Å²) in [6.07, 6.45) is 7.03. The van der Waals surface area contributed by atoms with Crippen molar-refractivity contribution in [1.29, 1.82) is 0 Å². The maximum Gasteiger partial charge on any atom is 0.185 e. The van der Waals surface area contributed by atoms with Crippen molar-refractivity contribution in [2.45, 2.75) is 25.9 Å². The minimum Gasteiger partial charge on any atom is -0.486 e. The van der Waals surface area contributed by atoms with Gasteiger partial charge in [-0.15, -0.1) is 0 Å². The molecular formula is C25H24BrNO3. The fourth-order valence-electron chi connectivity index (χ4n) is 3.52. The Balaban J connectivity index is 1.32. The molecule has 0 amide bonds. The summed E-state index contributed by atoms with van der Waals surface area (Å²) in [4.78, 5) is 14.9. The summed E-state index contributed by atoms with van der Waals surface area (Å²) in [6.45, 7) is 2.52. The lowest BCUT2D eigenvalue weighted by molar-refractivity contribution is 0.104. The molecule has 2 aromatic carbocycles. The first kappa shape index (κ1) is 20.5. The number of hydrogen-bond donors (Lipinski definition) is 0. The number of ether oxygens (including phenoxy) is 1. The third kappa shape index (κ3) is 5.42. The van der Waals surface area contributed by atoms with E-state index >= 15 is 0 Å². The Kier molecular flexibility index (Phi) is 6.70. The molecule has 1 aliphatic heterocycles. The maximum atomic E-state index is 12.5. The average molecular weight is 466 g/mol. The average Bonchev–Trinajstić information content (AvgIpc) is 3.25. The van der Waals surface area contributed by atoms with Crippen molar-refractivity contribution in [2.24, 2.45) is 0 Å². The molecule has 1 saturated heterocycles. The minimum atomic E-state index is -0.0384. The Morgan fingerprint density at radius 1 is 1.03 bits per heavy atom. The first-order valence-electron chi connectivity index (χ1n) is 10.2. The number of piperidine rings is 1. The standard InChI is InChI=1S/C25H24BrNO3/c26-20-5-4-6-23(17-20)29-18-24-12-11-22(30-24)13-14-25(28)19-7-9-21(10-8-19)27-15-2-1-3-16-27/h4-14,17H,1-3,15-16,18H2/b14-13+. The molecule has 0 unspecified atom stereocenters. The van der Waals surface area contributed by atoms with E-state index in [4.69, 9.17) is 9.15 Å². The van der Waals surface area contributed by atoms with Crippen molar-refractivity contribution in [3.63, 3.8) is 0 Å². The minimum absolute atomic E-state index is 0.0384. The second kappa shape index (κ2) is 9.81. The zero-order chi connectivity index (χ0) is 20.8. The Bertz CT molecular complexity index is 1020. The van der Waals surface area contributed by atoms with Crippen LogP contribution in [0.2, 0.25) is 0 Å². The second-order valence-electron chi connectivity index (χ2n) is 7.34. The summed E-state index contributed by atoms with van der Waals surface area (Å²) in [6, 6.07) is 19.2. The number of allylic oxidation sites excluding steroid dienone is 1. The van der Waals surface area contributed by atoms with Gasteiger partial charge in [-0.05, 0) is 86.0 Å². The lowest BCUT2D eigenvalue weighted by Gasteiger charge is -2.28. The normalized spacial score (nSPS) is 14.2. The van der Waals surface area contributed by atoms with Gasteiger partial charge in [-0.3, -0.25) is 4.79 Å². The van der Waals surface area contributed by atoms with Crippen molar-refractivity contribution >= 4 is 33.5 Å². The number of benzene rings is 2. The van der Waals surface area contributed by atoms with E-state index in [1.807, 2.05) is 60.7 Å². The molecule has 30 heavy (non-hydrogen) atoms. The fourth-order valence-corrected chi connectivity index (χ4v) is 3.89. The molecule has 5 heteroatoms. The summed E-state index contributed by atoms with van der Waals surface area (Å²) in [5, 5.41) is 0. The van der Waals surface area contributed by atoms with Crippen LogP contribution in [0.15, 0.2) is 75.6 Å². The maximum absolute atomic E-state index is 12.5. The lowest BCUT2D eigenvalue weighted by atomic mass is 10.1. The van der Waals surface area contributed by atoms with Crippen molar-refractivity contribution in [1.82, 2.24) is 0 Å². The highest BCUT2D eigenvalue weighted by molar-refractivity contribution is 9.10. The molecule has 0 spiro atoms. The predicted molar refractivity (Wildman–Crippen MR) is 123 cm³/mol. The zero-order valence-electron chi connectivity index (χ0n) is 16.7. The Labute approximate surface area is 185 Å². The summed E-state index contributed by atoms with van der Waals surface area (Å²) < 4.78 is 12.4. The van der Waals surface area contributed by atoms with Gasteiger partial charge in [0.1, 0.15) is 23.9 Å². The molecule has 1 aromatic heterocycles. The summed E-state index contributed by atoms with van der Waals surface area (Å²) in [7, 11) is 0. The topological polar surface area (TPSA) is 42.7 Å². The first-order chi connectivity index (χ1) is 14.7. The highest BCUT2D eigenvalue weighted by atomic mass is 79.9. The third-order valence-electron chi connectivity index (χ3n) is 5.13. The molecule has 4 nitrogen and oxygen atoms in total. The highest BCUT2D eigenvalue weighted by Gasteiger charge is 2.11. The molecule has 3 aromatic rings. The van der Waals surface area contributed by atoms with Crippen LogP contribution in [0, 0.1) is 0 Å². The quantitative estimate of drug-likeness (QED) is 0.294. The van der Waals surface area contributed by atoms with Gasteiger partial charge in [0.2, 0.25) is 0 Å². The van der Waals surface area contributed by atoms with E-state index in [2.05, 4.69) is 20.8 Å². The highest BCUT2D eigenvalue weighted by Crippen LogP contribution is 2.21. The van der Waals surface area contributed by atoms with Crippen molar-refractivity contribution in [3.8, 4) is 5.75 Å². The number of hydrogen-bond acceptors (Lipinski definition) is 4. The van der Waals surface area contributed by atoms with Gasteiger partial charge >= 0.3 is 0 Å². The van der Waals surface area contributed by atoms with Gasteiger partial charge in [-0.25, -0.2) is 0 Å². The van der Waals surface area contributed by atoms with Crippen molar-refractivity contribution < 1.29 is 13.9 Å². The van der Waals surface area contributed by atoms with Crippen LogP contribution in [0.1, 0.15) is 41.1 Å². The first-order valence-corrected chi connectivity index (χ1v) is 11.0. The number of nitrogens with zero attached hydrogens (tertiary/aromatic N) is 1. The van der Waals surface area contributed by atoms with Crippen LogP contribution in [0.4, 0.5) is 5.69 Å². The molecular weight excluding hydrogens is 442 g/mol. The van der Waals surface area contributed by atoms with Crippen molar-refractivity contribution in [2.75, 3.05) is 18.0 Å². The van der Waals surface area contributed by atoms with Gasteiger partial charge < -0.3 is 14.1 Å². The third-order valence-corrected chi connectivity index (χ3v) is 5.62. The van der Waals surface area contributed by atoms with E-state index in [9.17, 15) is 4.79 Å². The lowest BCUT2D eigenvalue weighted by Crippen LogP contribution is -2.29. The van der Waals surface area contributed by atoms with Gasteiger partial charge in [0.05, 0.1) is 0 Å². The molecule has 154 valence electrons. The number of halogens is 1. The monoisotopic (exact) mass is 465 g/mol. The largest absolute Gasteiger partial charge is 0.486 e. The number of carbonyl (C=O) groups excluding carboxylic acids is 1. The van der Waals surface area contributed by atoms with Crippen LogP contribution in [0.25, 0.3) is 6.08 Å². The summed E-state index contributed by atoms with van der Waals surface area (Å²) in [5.41, 5.74) is 1.87. The van der Waals surface area contributed by atoms with E-state index in [0.717, 1.165) is 23.3 Å². The van der Waals surface area contributed by atoms with Crippen LogP contribution >= 0.6 is 15.9 Å². The van der Waals surface area contributed by atoms with Crippen LogP contribution in [-0.2, 0) is 6.61 Å². The number of carbonyl (C=O) groups is 1. The number of anilines is 1. The van der Waals surface area contributed by atoms with Gasteiger partial charge in [-0.1, -0.05) is 22.0 Å². The summed E-state index contributed by atoms with van der Waals surface area (Å²) >= 11 is 3.42.